The van der Waals surface area contributed by atoms with Crippen LogP contribution >= 0.6 is 11.6 Å². The molecule has 21 heavy (non-hydrogen) atoms. The molecule has 2 aromatic rings. The van der Waals surface area contributed by atoms with E-state index in [1.54, 1.807) is 6.07 Å². The van der Waals surface area contributed by atoms with Gasteiger partial charge in [-0.25, -0.2) is 4.39 Å². The molecule has 0 bridgehead atoms. The van der Waals surface area contributed by atoms with E-state index in [2.05, 4.69) is 5.32 Å². The lowest BCUT2D eigenvalue weighted by molar-refractivity contribution is -0.384. The number of non-ortho nitro benzene ring substituents is 1. The number of hydrogen-bond donors (Lipinski definition) is 1. The first-order valence-corrected chi connectivity index (χ1v) is 6.38. The van der Waals surface area contributed by atoms with Crippen LogP contribution in [0.5, 0.6) is 5.75 Å². The predicted octanol–water partition coefficient (Wildman–Crippen LogP) is 4.01. The van der Waals surface area contributed by atoms with Gasteiger partial charge in [0.15, 0.2) is 0 Å². The fourth-order valence-corrected chi connectivity index (χ4v) is 2.10. The van der Waals surface area contributed by atoms with E-state index in [0.29, 0.717) is 17.0 Å². The lowest BCUT2D eigenvalue weighted by atomic mass is 10.2. The highest BCUT2D eigenvalue weighted by Gasteiger charge is 2.11. The van der Waals surface area contributed by atoms with Gasteiger partial charge in [0.05, 0.1) is 17.7 Å². The van der Waals surface area contributed by atoms with Gasteiger partial charge in [-0.3, -0.25) is 10.1 Å². The van der Waals surface area contributed by atoms with Crippen molar-refractivity contribution in [3.8, 4) is 5.75 Å². The fraction of sp³-hybridized carbons (Fsp3) is 0.143. The second kappa shape index (κ2) is 6.41. The summed E-state index contributed by atoms with van der Waals surface area (Å²) >= 11 is 5.78. The van der Waals surface area contributed by atoms with Crippen LogP contribution in [0.2, 0.25) is 5.02 Å². The van der Waals surface area contributed by atoms with Crippen LogP contribution < -0.4 is 10.1 Å². The van der Waals surface area contributed by atoms with E-state index in [9.17, 15) is 14.5 Å². The molecule has 7 heteroatoms. The number of methoxy groups -OCH3 is 1. The Labute approximate surface area is 125 Å². The molecular weight excluding hydrogens is 299 g/mol. The zero-order valence-electron chi connectivity index (χ0n) is 11.1. The minimum absolute atomic E-state index is 0.0597. The number of nitrogens with zero attached hydrogens (tertiary/aromatic N) is 1. The number of anilines is 1. The molecule has 2 rings (SSSR count). The summed E-state index contributed by atoms with van der Waals surface area (Å²) in [4.78, 5) is 10.3. The number of hydrogen-bond acceptors (Lipinski definition) is 4. The van der Waals surface area contributed by atoms with Gasteiger partial charge in [0.1, 0.15) is 11.6 Å². The Bertz CT molecular complexity index is 659. The molecule has 110 valence electrons. The number of benzene rings is 2. The zero-order valence-corrected chi connectivity index (χ0v) is 11.9. The van der Waals surface area contributed by atoms with E-state index >= 15 is 0 Å². The van der Waals surface area contributed by atoms with Crippen molar-refractivity contribution in [2.24, 2.45) is 0 Å². The van der Waals surface area contributed by atoms with E-state index in [-0.39, 0.29) is 17.3 Å². The number of nitro groups is 1. The third kappa shape index (κ3) is 3.82. The highest BCUT2D eigenvalue weighted by Crippen LogP contribution is 2.29. The molecule has 1 N–H and O–H groups in total. The summed E-state index contributed by atoms with van der Waals surface area (Å²) in [5.41, 5.74) is 1.01. The molecule has 0 fully saturated rings. The van der Waals surface area contributed by atoms with Gasteiger partial charge in [-0.2, -0.15) is 0 Å². The molecule has 0 aromatic heterocycles. The average molecular weight is 311 g/mol. The van der Waals surface area contributed by atoms with Crippen molar-refractivity contribution in [1.29, 1.82) is 0 Å². The zero-order chi connectivity index (χ0) is 15.4. The molecule has 0 heterocycles. The van der Waals surface area contributed by atoms with Gasteiger partial charge < -0.3 is 10.1 Å². The number of ether oxygens (including phenoxy) is 1. The molecule has 0 aliphatic rings. The van der Waals surface area contributed by atoms with E-state index in [0.717, 1.165) is 0 Å². The summed E-state index contributed by atoms with van der Waals surface area (Å²) in [7, 11) is 1.46. The smallest absolute Gasteiger partial charge is 0.271 e. The molecule has 0 radical (unpaired) electrons. The SMILES string of the molecule is COc1ccc([N+](=O)[O-])cc1NCc1cc(F)cc(Cl)c1. The monoisotopic (exact) mass is 310 g/mol. The van der Waals surface area contributed by atoms with Crippen molar-refractivity contribution in [2.45, 2.75) is 6.54 Å². The Morgan fingerprint density at radius 3 is 2.71 bits per heavy atom. The average Bonchev–Trinajstić information content (AvgIpc) is 2.43. The third-order valence-electron chi connectivity index (χ3n) is 2.80. The number of halogens is 2. The van der Waals surface area contributed by atoms with Gasteiger partial charge in [-0.1, -0.05) is 11.6 Å². The van der Waals surface area contributed by atoms with E-state index in [4.69, 9.17) is 16.3 Å². The molecule has 5 nitrogen and oxygen atoms in total. The maximum Gasteiger partial charge on any atom is 0.271 e. The molecular formula is C14H12ClFN2O3. The van der Waals surface area contributed by atoms with Crippen molar-refractivity contribution >= 4 is 23.0 Å². The second-order valence-electron chi connectivity index (χ2n) is 4.27. The Morgan fingerprint density at radius 1 is 1.33 bits per heavy atom. The van der Waals surface area contributed by atoms with Gasteiger partial charge in [0.2, 0.25) is 0 Å². The van der Waals surface area contributed by atoms with E-state index in [1.165, 1.54) is 37.4 Å². The highest BCUT2D eigenvalue weighted by atomic mass is 35.5. The first-order chi connectivity index (χ1) is 9.99. The Balaban J connectivity index is 2.21. The lowest BCUT2D eigenvalue weighted by Crippen LogP contribution is -2.02. The first kappa shape index (κ1) is 15.1. The summed E-state index contributed by atoms with van der Waals surface area (Å²) in [6.07, 6.45) is 0. The van der Waals surface area contributed by atoms with Gasteiger partial charge in [0.25, 0.3) is 5.69 Å². The minimum Gasteiger partial charge on any atom is -0.495 e. The fourth-order valence-electron chi connectivity index (χ4n) is 1.86. The molecule has 0 spiro atoms. The largest absolute Gasteiger partial charge is 0.495 e. The quantitative estimate of drug-likeness (QED) is 0.669. The molecule has 0 aliphatic heterocycles. The van der Waals surface area contributed by atoms with Crippen LogP contribution in [0.3, 0.4) is 0 Å². The van der Waals surface area contributed by atoms with Crippen molar-refractivity contribution in [1.82, 2.24) is 0 Å². The molecule has 0 amide bonds. The first-order valence-electron chi connectivity index (χ1n) is 6.01. The van der Waals surface area contributed by atoms with Crippen LogP contribution in [0, 0.1) is 15.9 Å². The van der Waals surface area contributed by atoms with Gasteiger partial charge in [0, 0.05) is 23.7 Å². The standard InChI is InChI=1S/C14H12ClFN2O3/c1-21-14-3-2-12(18(19)20)7-13(14)17-8-9-4-10(15)6-11(16)5-9/h2-7,17H,8H2,1H3. The Morgan fingerprint density at radius 2 is 2.10 bits per heavy atom. The third-order valence-corrected chi connectivity index (χ3v) is 3.02. The molecule has 0 unspecified atom stereocenters. The highest BCUT2D eigenvalue weighted by molar-refractivity contribution is 6.30. The summed E-state index contributed by atoms with van der Waals surface area (Å²) in [5, 5.41) is 14.1. The van der Waals surface area contributed by atoms with Crippen molar-refractivity contribution in [3.05, 3.63) is 62.9 Å². The minimum atomic E-state index is -0.496. The van der Waals surface area contributed by atoms with Crippen molar-refractivity contribution in [3.63, 3.8) is 0 Å². The van der Waals surface area contributed by atoms with E-state index < -0.39 is 10.7 Å². The summed E-state index contributed by atoms with van der Waals surface area (Å²) in [6, 6.07) is 8.37. The maximum absolute atomic E-state index is 13.2. The van der Waals surface area contributed by atoms with Crippen LogP contribution in [-0.2, 0) is 6.54 Å². The van der Waals surface area contributed by atoms with E-state index in [1.807, 2.05) is 0 Å². The van der Waals surface area contributed by atoms with Crippen molar-refractivity contribution in [2.75, 3.05) is 12.4 Å². The second-order valence-corrected chi connectivity index (χ2v) is 4.71. The number of rotatable bonds is 5. The molecule has 0 saturated heterocycles. The predicted molar refractivity (Wildman–Crippen MR) is 78.4 cm³/mol. The number of nitrogens with one attached hydrogen (secondary N) is 1. The van der Waals surface area contributed by atoms with Crippen LogP contribution in [0.15, 0.2) is 36.4 Å². The molecule has 0 aliphatic carbocycles. The van der Waals surface area contributed by atoms with Gasteiger partial charge in [-0.05, 0) is 29.8 Å². The normalized spacial score (nSPS) is 10.2. The maximum atomic E-state index is 13.2. The Hall–Kier alpha value is -2.34. The van der Waals surface area contributed by atoms with Gasteiger partial charge >= 0.3 is 0 Å². The van der Waals surface area contributed by atoms with Crippen LogP contribution in [0.1, 0.15) is 5.56 Å². The van der Waals surface area contributed by atoms with Crippen LogP contribution in [0.4, 0.5) is 15.8 Å². The van der Waals surface area contributed by atoms with Crippen molar-refractivity contribution < 1.29 is 14.1 Å². The molecule has 0 atom stereocenters. The number of nitro benzene ring substituents is 1. The van der Waals surface area contributed by atoms with Crippen LogP contribution in [-0.4, -0.2) is 12.0 Å². The summed E-state index contributed by atoms with van der Waals surface area (Å²) in [5.74, 6) is 0.0217. The summed E-state index contributed by atoms with van der Waals surface area (Å²) < 4.78 is 18.4. The van der Waals surface area contributed by atoms with Gasteiger partial charge in [-0.15, -0.1) is 0 Å². The van der Waals surface area contributed by atoms with Crippen LogP contribution in [0.25, 0.3) is 0 Å². The molecule has 0 saturated carbocycles. The topological polar surface area (TPSA) is 64.4 Å². The lowest BCUT2D eigenvalue weighted by Gasteiger charge is -2.11. The Kier molecular flexibility index (Phi) is 4.59. The molecule has 2 aromatic carbocycles. The summed E-state index contributed by atoms with van der Waals surface area (Å²) in [6.45, 7) is 0.259.